The van der Waals surface area contributed by atoms with E-state index in [1.807, 2.05) is 0 Å². The van der Waals surface area contributed by atoms with Crippen LogP contribution in [-0.2, 0) is 10.3 Å². The van der Waals surface area contributed by atoms with Crippen molar-refractivity contribution in [2.45, 2.75) is 18.4 Å². The van der Waals surface area contributed by atoms with E-state index in [0.717, 1.165) is 37.8 Å². The van der Waals surface area contributed by atoms with Crippen LogP contribution in [0.1, 0.15) is 28.9 Å². The molecule has 0 saturated carbocycles. The second kappa shape index (κ2) is 5.34. The van der Waals surface area contributed by atoms with Crippen molar-refractivity contribution >= 4 is 17.9 Å². The van der Waals surface area contributed by atoms with Crippen molar-refractivity contribution < 1.29 is 9.53 Å². The maximum Gasteiger partial charge on any atom is 0.168 e. The fraction of sp³-hybridized carbons (Fsp3) is 0.538. The Morgan fingerprint density at radius 1 is 1.50 bits per heavy atom. The molecule has 1 aliphatic heterocycles. The van der Waals surface area contributed by atoms with Crippen LogP contribution in [0.25, 0.3) is 0 Å². The summed E-state index contributed by atoms with van der Waals surface area (Å²) in [5.41, 5.74) is 0.784. The zero-order valence-electron chi connectivity index (χ0n) is 10.6. The van der Waals surface area contributed by atoms with E-state index in [0.29, 0.717) is 10.7 Å². The lowest BCUT2D eigenvalue weighted by Gasteiger charge is -2.40. The normalized spacial score (nSPS) is 19.7. The van der Waals surface area contributed by atoms with Crippen LogP contribution in [-0.4, -0.2) is 43.4 Å². The molecular weight excluding hydrogens is 252 g/mol. The molecule has 0 spiro atoms. The molecule has 0 aliphatic carbocycles. The molecule has 0 bridgehead atoms. The third kappa shape index (κ3) is 2.41. The third-order valence-corrected chi connectivity index (χ3v) is 3.88. The van der Waals surface area contributed by atoms with Crippen LogP contribution >= 0.6 is 11.6 Å². The van der Waals surface area contributed by atoms with E-state index >= 15 is 0 Å². The van der Waals surface area contributed by atoms with Gasteiger partial charge in [0.05, 0.1) is 10.6 Å². The number of aromatic nitrogens is 1. The molecule has 1 aromatic rings. The molecule has 0 atom stereocenters. The molecule has 4 nitrogen and oxygen atoms in total. The quantitative estimate of drug-likeness (QED) is 0.788. The van der Waals surface area contributed by atoms with E-state index in [2.05, 4.69) is 16.9 Å². The molecule has 1 saturated heterocycles. The van der Waals surface area contributed by atoms with Gasteiger partial charge in [0.25, 0.3) is 0 Å². The molecule has 1 aliphatic rings. The number of methoxy groups -OCH3 is 1. The molecule has 0 N–H and O–H groups in total. The zero-order valence-corrected chi connectivity index (χ0v) is 11.4. The van der Waals surface area contributed by atoms with E-state index in [1.165, 1.54) is 6.20 Å². The van der Waals surface area contributed by atoms with E-state index in [-0.39, 0.29) is 0 Å². The van der Waals surface area contributed by atoms with E-state index in [4.69, 9.17) is 16.3 Å². The topological polar surface area (TPSA) is 42.4 Å². The summed E-state index contributed by atoms with van der Waals surface area (Å²) in [6, 6.07) is 1.80. The van der Waals surface area contributed by atoms with Gasteiger partial charge in [-0.1, -0.05) is 11.6 Å². The van der Waals surface area contributed by atoms with Crippen molar-refractivity contribution in [3.05, 3.63) is 28.5 Å². The number of halogens is 1. The minimum absolute atomic E-state index is 0.422. The maximum absolute atomic E-state index is 11.1. The highest BCUT2D eigenvalue weighted by molar-refractivity contribution is 6.30. The van der Waals surface area contributed by atoms with E-state index < -0.39 is 5.60 Å². The van der Waals surface area contributed by atoms with Crippen molar-refractivity contribution in [2.24, 2.45) is 0 Å². The maximum atomic E-state index is 11.1. The van der Waals surface area contributed by atoms with Gasteiger partial charge in [-0.05, 0) is 26.0 Å². The van der Waals surface area contributed by atoms with Crippen molar-refractivity contribution in [3.8, 4) is 0 Å². The highest BCUT2D eigenvalue weighted by atomic mass is 35.5. The summed E-state index contributed by atoms with van der Waals surface area (Å²) in [5.74, 6) is 0. The molecule has 0 radical (unpaired) electrons. The second-order valence-electron chi connectivity index (χ2n) is 4.71. The number of carbonyl (C=O) groups excluding carboxylic acids is 1. The Morgan fingerprint density at radius 2 is 2.17 bits per heavy atom. The number of aldehydes is 1. The summed E-state index contributed by atoms with van der Waals surface area (Å²) in [4.78, 5) is 17.5. The standard InChI is InChI=1S/C13H17ClN2O2/c1-16-5-3-13(18-2,4-6-16)11-7-10(14)8-15-12(11)9-17/h7-9H,3-6H2,1-2H3. The lowest BCUT2D eigenvalue weighted by Crippen LogP contribution is -2.42. The summed E-state index contributed by atoms with van der Waals surface area (Å²) in [6.07, 6.45) is 3.93. The molecule has 18 heavy (non-hydrogen) atoms. The number of carbonyl (C=O) groups is 1. The Balaban J connectivity index is 2.43. The number of pyridine rings is 1. The predicted octanol–water partition coefficient (Wildman–Crippen LogP) is 2.11. The van der Waals surface area contributed by atoms with Gasteiger partial charge in [-0.3, -0.25) is 9.78 Å². The number of nitrogens with zero attached hydrogens (tertiary/aromatic N) is 2. The minimum Gasteiger partial charge on any atom is -0.373 e. The average molecular weight is 269 g/mol. The molecular formula is C13H17ClN2O2. The van der Waals surface area contributed by atoms with Crippen LogP contribution in [0.15, 0.2) is 12.3 Å². The first-order valence-electron chi connectivity index (χ1n) is 5.96. The van der Waals surface area contributed by atoms with Crippen molar-refractivity contribution in [1.29, 1.82) is 0 Å². The summed E-state index contributed by atoms with van der Waals surface area (Å²) in [5, 5.41) is 0.533. The van der Waals surface area contributed by atoms with Crippen LogP contribution < -0.4 is 0 Å². The third-order valence-electron chi connectivity index (χ3n) is 3.67. The first-order chi connectivity index (χ1) is 8.61. The molecule has 0 amide bonds. The van der Waals surface area contributed by atoms with Crippen molar-refractivity contribution in [1.82, 2.24) is 9.88 Å². The fourth-order valence-electron chi connectivity index (χ4n) is 2.47. The van der Waals surface area contributed by atoms with Crippen LogP contribution in [0.4, 0.5) is 0 Å². The summed E-state index contributed by atoms with van der Waals surface area (Å²) >= 11 is 6.00. The molecule has 2 rings (SSSR count). The van der Waals surface area contributed by atoms with E-state index in [9.17, 15) is 4.79 Å². The number of ether oxygens (including phenoxy) is 1. The van der Waals surface area contributed by atoms with Gasteiger partial charge >= 0.3 is 0 Å². The average Bonchev–Trinajstić information content (AvgIpc) is 2.40. The Bertz CT molecular complexity index is 443. The molecule has 98 valence electrons. The first-order valence-corrected chi connectivity index (χ1v) is 6.34. The Morgan fingerprint density at radius 3 is 2.72 bits per heavy atom. The molecule has 1 fully saturated rings. The smallest absolute Gasteiger partial charge is 0.168 e. The molecule has 1 aromatic heterocycles. The van der Waals surface area contributed by atoms with Crippen molar-refractivity contribution in [3.63, 3.8) is 0 Å². The predicted molar refractivity (Wildman–Crippen MR) is 70.1 cm³/mol. The Kier molecular flexibility index (Phi) is 4.00. The van der Waals surface area contributed by atoms with Gasteiger partial charge < -0.3 is 9.64 Å². The Labute approximate surface area is 112 Å². The van der Waals surface area contributed by atoms with Crippen LogP contribution in [0.5, 0.6) is 0 Å². The fourth-order valence-corrected chi connectivity index (χ4v) is 2.63. The van der Waals surface area contributed by atoms with Gasteiger partial charge in [0, 0.05) is 32.0 Å². The van der Waals surface area contributed by atoms with Gasteiger partial charge in [0.2, 0.25) is 0 Å². The van der Waals surface area contributed by atoms with E-state index in [1.54, 1.807) is 13.2 Å². The molecule has 5 heteroatoms. The lowest BCUT2D eigenvalue weighted by atomic mass is 9.83. The number of likely N-dealkylation sites (tertiary alicyclic amines) is 1. The Hall–Kier alpha value is -0.970. The first kappa shape index (κ1) is 13.5. The number of hydrogen-bond acceptors (Lipinski definition) is 4. The van der Waals surface area contributed by atoms with Crippen LogP contribution in [0.3, 0.4) is 0 Å². The summed E-state index contributed by atoms with van der Waals surface area (Å²) < 4.78 is 5.73. The molecule has 2 heterocycles. The monoisotopic (exact) mass is 268 g/mol. The van der Waals surface area contributed by atoms with Gasteiger partial charge in [0.1, 0.15) is 5.69 Å². The molecule has 0 aromatic carbocycles. The summed E-state index contributed by atoms with van der Waals surface area (Å²) in [7, 11) is 3.76. The molecule has 0 unspecified atom stereocenters. The van der Waals surface area contributed by atoms with Crippen LogP contribution in [0.2, 0.25) is 5.02 Å². The van der Waals surface area contributed by atoms with Gasteiger partial charge in [-0.2, -0.15) is 0 Å². The van der Waals surface area contributed by atoms with Crippen molar-refractivity contribution in [2.75, 3.05) is 27.2 Å². The number of piperidine rings is 1. The minimum atomic E-state index is -0.444. The summed E-state index contributed by atoms with van der Waals surface area (Å²) in [6.45, 7) is 1.86. The number of rotatable bonds is 3. The highest BCUT2D eigenvalue weighted by Gasteiger charge is 2.37. The second-order valence-corrected chi connectivity index (χ2v) is 5.14. The SMILES string of the molecule is COC1(c2cc(Cl)cnc2C=O)CCN(C)CC1. The largest absolute Gasteiger partial charge is 0.373 e. The zero-order chi connectivity index (χ0) is 13.2. The lowest BCUT2D eigenvalue weighted by molar-refractivity contribution is -0.0590. The van der Waals surface area contributed by atoms with Gasteiger partial charge in [-0.25, -0.2) is 0 Å². The van der Waals surface area contributed by atoms with Gasteiger partial charge in [-0.15, -0.1) is 0 Å². The number of hydrogen-bond donors (Lipinski definition) is 0. The van der Waals surface area contributed by atoms with Gasteiger partial charge in [0.15, 0.2) is 6.29 Å². The van der Waals surface area contributed by atoms with Crippen LogP contribution in [0, 0.1) is 0 Å². The highest BCUT2D eigenvalue weighted by Crippen LogP contribution is 2.37.